The van der Waals surface area contributed by atoms with Crippen molar-refractivity contribution in [2.45, 2.75) is 41.5 Å². The normalized spacial score (nSPS) is 14.5. The van der Waals surface area contributed by atoms with Crippen LogP contribution in [0.1, 0.15) is 41.5 Å². The highest BCUT2D eigenvalue weighted by molar-refractivity contribution is 7.86. The van der Waals surface area contributed by atoms with Crippen LogP contribution in [0.4, 0.5) is 0 Å². The van der Waals surface area contributed by atoms with Gasteiger partial charge in [-0.1, -0.05) is 71.4 Å². The van der Waals surface area contributed by atoms with E-state index in [2.05, 4.69) is 34.3 Å². The Balaban J connectivity index is 5.58. The maximum absolute atomic E-state index is 11.1. The monoisotopic (exact) mass is 300 g/mol. The molecule has 20 heavy (non-hydrogen) atoms. The van der Waals surface area contributed by atoms with Gasteiger partial charge in [0.1, 0.15) is 0 Å². The molecule has 0 saturated heterocycles. The lowest BCUT2D eigenvalue weighted by molar-refractivity contribution is 0.484. The molecule has 0 aromatic rings. The van der Waals surface area contributed by atoms with E-state index < -0.39 is 10.1 Å². The predicted molar refractivity (Wildman–Crippen MR) is 86.2 cm³/mol. The first-order chi connectivity index (χ1) is 8.94. The first kappa shape index (κ1) is 19.1. The highest BCUT2D eigenvalue weighted by atomic mass is 32.2. The Labute approximate surface area is 124 Å². The van der Waals surface area contributed by atoms with E-state index in [1.165, 1.54) is 0 Å². The second-order valence-corrected chi connectivity index (χ2v) is 7.58. The molecule has 0 aliphatic carbocycles. The second-order valence-electron chi connectivity index (χ2n) is 6.13. The first-order valence-corrected chi connectivity index (χ1v) is 8.61. The Morgan fingerprint density at radius 3 is 1.80 bits per heavy atom. The highest BCUT2D eigenvalue weighted by Gasteiger charge is 2.14. The van der Waals surface area contributed by atoms with Crippen molar-refractivity contribution in [3.63, 3.8) is 0 Å². The van der Waals surface area contributed by atoms with Crippen LogP contribution in [0.5, 0.6) is 0 Å². The van der Waals surface area contributed by atoms with Crippen molar-refractivity contribution < 1.29 is 13.0 Å². The van der Waals surface area contributed by atoms with Crippen LogP contribution in [0.25, 0.3) is 0 Å². The predicted octanol–water partition coefficient (Wildman–Crippen LogP) is 4.25. The molecule has 0 amide bonds. The van der Waals surface area contributed by atoms with Gasteiger partial charge >= 0.3 is 0 Å². The lowest BCUT2D eigenvalue weighted by Gasteiger charge is -2.15. The van der Waals surface area contributed by atoms with Gasteiger partial charge in [-0.25, -0.2) is 0 Å². The minimum Gasteiger partial charge on any atom is -0.285 e. The molecule has 0 unspecified atom stereocenters. The van der Waals surface area contributed by atoms with E-state index in [0.717, 1.165) is 11.1 Å². The van der Waals surface area contributed by atoms with Gasteiger partial charge in [0.25, 0.3) is 10.1 Å². The third-order valence-corrected chi connectivity index (χ3v) is 3.90. The molecule has 0 radical (unpaired) electrons. The van der Waals surface area contributed by atoms with Crippen molar-refractivity contribution >= 4 is 10.1 Å². The average Bonchev–Trinajstić information content (AvgIpc) is 2.24. The van der Waals surface area contributed by atoms with Crippen LogP contribution in [0.2, 0.25) is 0 Å². The zero-order chi connectivity index (χ0) is 16.1. The van der Waals surface area contributed by atoms with E-state index in [9.17, 15) is 8.42 Å². The number of hydrogen-bond acceptors (Lipinski definition) is 2. The fourth-order valence-corrected chi connectivity index (χ4v) is 2.39. The van der Waals surface area contributed by atoms with Crippen LogP contribution >= 0.6 is 0 Å². The Hall–Kier alpha value is -0.870. The van der Waals surface area contributed by atoms with Gasteiger partial charge in [-0.05, 0) is 23.3 Å². The minimum atomic E-state index is -4.00. The van der Waals surface area contributed by atoms with Gasteiger partial charge in [-0.15, -0.1) is 0 Å². The molecule has 1 N–H and O–H groups in total. The molecule has 0 atom stereocenters. The van der Waals surface area contributed by atoms with Gasteiger partial charge in [-0.3, -0.25) is 4.55 Å². The van der Waals surface area contributed by atoms with E-state index in [-0.39, 0.29) is 17.6 Å². The third-order valence-electron chi connectivity index (χ3n) is 3.20. The Bertz CT molecular complexity index is 492. The van der Waals surface area contributed by atoms with Crippen molar-refractivity contribution in [1.29, 1.82) is 0 Å². The van der Waals surface area contributed by atoms with Crippen LogP contribution in [-0.4, -0.2) is 18.7 Å². The van der Waals surface area contributed by atoms with Crippen molar-refractivity contribution in [2.75, 3.05) is 5.75 Å². The molecule has 0 saturated carbocycles. The molecule has 0 bridgehead atoms. The fourth-order valence-electron chi connectivity index (χ4n) is 1.56. The first-order valence-electron chi connectivity index (χ1n) is 7.00. The standard InChI is InChI=1S/C16H28O3S/c1-11(2)14(7)8-15(12(3)4)9-16(13(5)6)10-20(17,18)19/h8-9,11-13H,7,10H2,1-6H3,(H,17,18,19)/b15-8+,16-9+. The molecule has 0 rings (SSSR count). The number of rotatable bonds is 7. The average molecular weight is 300 g/mol. The quantitative estimate of drug-likeness (QED) is 0.565. The number of allylic oxidation sites excluding steroid dienone is 4. The summed E-state index contributed by atoms with van der Waals surface area (Å²) in [6.07, 6.45) is 3.90. The van der Waals surface area contributed by atoms with Crippen molar-refractivity contribution in [2.24, 2.45) is 17.8 Å². The summed E-state index contributed by atoms with van der Waals surface area (Å²) in [7, 11) is -4.00. The second kappa shape index (κ2) is 7.79. The Kier molecular flexibility index (Phi) is 7.45. The summed E-state index contributed by atoms with van der Waals surface area (Å²) in [4.78, 5) is 0. The molecule has 116 valence electrons. The smallest absolute Gasteiger partial charge is 0.268 e. The van der Waals surface area contributed by atoms with E-state index in [1.807, 2.05) is 26.0 Å². The van der Waals surface area contributed by atoms with Gasteiger partial charge in [-0.2, -0.15) is 8.42 Å². The minimum absolute atomic E-state index is 0.0615. The van der Waals surface area contributed by atoms with Gasteiger partial charge in [0.05, 0.1) is 5.75 Å². The van der Waals surface area contributed by atoms with Gasteiger partial charge in [0.2, 0.25) is 0 Å². The summed E-state index contributed by atoms with van der Waals surface area (Å²) in [5.74, 6) is 0.358. The third kappa shape index (κ3) is 7.65. The largest absolute Gasteiger partial charge is 0.285 e. The van der Waals surface area contributed by atoms with Crippen LogP contribution < -0.4 is 0 Å². The maximum atomic E-state index is 11.1. The Morgan fingerprint density at radius 2 is 1.50 bits per heavy atom. The zero-order valence-corrected chi connectivity index (χ0v) is 14.3. The summed E-state index contributed by atoms with van der Waals surface area (Å²) < 4.78 is 31.3. The molecule has 0 aromatic heterocycles. The highest BCUT2D eigenvalue weighted by Crippen LogP contribution is 2.22. The lowest BCUT2D eigenvalue weighted by atomic mass is 9.93. The van der Waals surface area contributed by atoms with E-state index >= 15 is 0 Å². The molecular weight excluding hydrogens is 272 g/mol. The van der Waals surface area contributed by atoms with Gasteiger partial charge < -0.3 is 0 Å². The maximum Gasteiger partial charge on any atom is 0.268 e. The molecule has 0 heterocycles. The summed E-state index contributed by atoms with van der Waals surface area (Å²) in [6.45, 7) is 16.1. The van der Waals surface area contributed by atoms with E-state index in [1.54, 1.807) is 0 Å². The van der Waals surface area contributed by atoms with Gasteiger partial charge in [0.15, 0.2) is 0 Å². The van der Waals surface area contributed by atoms with Crippen LogP contribution in [0.3, 0.4) is 0 Å². The summed E-state index contributed by atoms with van der Waals surface area (Å²) in [5, 5.41) is 0. The van der Waals surface area contributed by atoms with Crippen LogP contribution in [-0.2, 0) is 10.1 Å². The SMILES string of the molecule is C=C(/C=C(\C=C(/CS(=O)(=O)O)C(C)C)C(C)C)C(C)C. The molecule has 4 heteroatoms. The fraction of sp³-hybridized carbons (Fsp3) is 0.625. The summed E-state index contributed by atoms with van der Waals surface area (Å²) in [6, 6.07) is 0. The summed E-state index contributed by atoms with van der Waals surface area (Å²) >= 11 is 0. The van der Waals surface area contributed by atoms with E-state index in [0.29, 0.717) is 11.5 Å². The topological polar surface area (TPSA) is 54.4 Å². The van der Waals surface area contributed by atoms with Crippen LogP contribution in [0.15, 0.2) is 35.5 Å². The Morgan fingerprint density at radius 1 is 1.00 bits per heavy atom. The molecule has 0 aliphatic heterocycles. The molecule has 0 fully saturated rings. The van der Waals surface area contributed by atoms with Gasteiger partial charge in [0, 0.05) is 0 Å². The molecule has 3 nitrogen and oxygen atoms in total. The van der Waals surface area contributed by atoms with E-state index in [4.69, 9.17) is 4.55 Å². The van der Waals surface area contributed by atoms with Crippen molar-refractivity contribution in [3.8, 4) is 0 Å². The molecule has 0 aliphatic rings. The van der Waals surface area contributed by atoms with Crippen molar-refractivity contribution in [3.05, 3.63) is 35.5 Å². The number of hydrogen-bond donors (Lipinski definition) is 1. The van der Waals surface area contributed by atoms with Crippen molar-refractivity contribution in [1.82, 2.24) is 0 Å². The molecule has 0 spiro atoms. The zero-order valence-electron chi connectivity index (χ0n) is 13.5. The lowest BCUT2D eigenvalue weighted by Crippen LogP contribution is -2.11. The molecule has 0 aromatic carbocycles. The van der Waals surface area contributed by atoms with Crippen LogP contribution in [0, 0.1) is 17.8 Å². The summed E-state index contributed by atoms with van der Waals surface area (Å²) in [5.41, 5.74) is 2.76. The molecular formula is C16H28O3S.